The molecule has 3 N–H and O–H groups in total. The Hall–Kier alpha value is -2.61. The summed E-state index contributed by atoms with van der Waals surface area (Å²) in [5.74, 6) is -0.387. The molecule has 0 saturated heterocycles. The zero-order chi connectivity index (χ0) is 16.3. The topological polar surface area (TPSA) is 120 Å². The molecule has 1 aromatic carbocycles. The predicted octanol–water partition coefficient (Wildman–Crippen LogP) is 1.81. The molecule has 9 heteroatoms. The molecule has 1 aromatic rings. The number of hydrogen-bond donors (Lipinski definition) is 2. The normalized spacial score (nSPS) is 16.8. The van der Waals surface area contributed by atoms with Crippen molar-refractivity contribution in [3.8, 4) is 0 Å². The van der Waals surface area contributed by atoms with Crippen molar-refractivity contribution in [2.75, 3.05) is 6.61 Å². The number of aliphatic imine (C=N–C) groups is 1. The predicted molar refractivity (Wildman–Crippen MR) is 87.2 cm³/mol. The largest absolute Gasteiger partial charge is 0.463 e. The summed E-state index contributed by atoms with van der Waals surface area (Å²) < 4.78 is 5.04. The number of rotatable bonds is 4. The maximum absolute atomic E-state index is 12.2. The Balaban J connectivity index is 0.00000264. The molecule has 124 valence electrons. The number of esters is 1. The van der Waals surface area contributed by atoms with Crippen molar-refractivity contribution in [3.05, 3.63) is 51.2 Å². The van der Waals surface area contributed by atoms with E-state index in [4.69, 9.17) is 10.5 Å². The van der Waals surface area contributed by atoms with Crippen LogP contribution in [-0.4, -0.2) is 23.5 Å². The number of non-ortho nitro benzene ring substituents is 1. The van der Waals surface area contributed by atoms with E-state index in [-0.39, 0.29) is 36.2 Å². The molecule has 1 atom stereocenters. The van der Waals surface area contributed by atoms with Gasteiger partial charge in [-0.05, 0) is 19.4 Å². The monoisotopic (exact) mass is 340 g/mol. The van der Waals surface area contributed by atoms with Crippen LogP contribution in [0.2, 0.25) is 0 Å². The average Bonchev–Trinajstić information content (AvgIpc) is 2.46. The van der Waals surface area contributed by atoms with Crippen LogP contribution >= 0.6 is 12.4 Å². The van der Waals surface area contributed by atoms with E-state index in [9.17, 15) is 14.9 Å². The van der Waals surface area contributed by atoms with E-state index in [2.05, 4.69) is 10.3 Å². The molecule has 0 saturated carbocycles. The zero-order valence-electron chi connectivity index (χ0n) is 12.6. The standard InChI is InChI=1S/C14H16N4O4.ClH/c1-3-22-13(19)11-8(2)16-14(15)17-12(11)9-5-4-6-10(7-9)18(20)21;/h4-7,12H,3H2,1-2H3,(H3,15,16,17);1H. The van der Waals surface area contributed by atoms with Crippen molar-refractivity contribution in [2.45, 2.75) is 19.9 Å². The van der Waals surface area contributed by atoms with Crippen molar-refractivity contribution < 1.29 is 14.5 Å². The molecule has 0 spiro atoms. The quantitative estimate of drug-likeness (QED) is 0.490. The smallest absolute Gasteiger partial charge is 0.338 e. The Labute approximate surface area is 139 Å². The fourth-order valence-corrected chi connectivity index (χ4v) is 2.22. The second-order valence-corrected chi connectivity index (χ2v) is 4.65. The molecular formula is C14H17ClN4O4. The van der Waals surface area contributed by atoms with Crippen LogP contribution in [0.5, 0.6) is 0 Å². The van der Waals surface area contributed by atoms with Crippen LogP contribution < -0.4 is 11.1 Å². The Morgan fingerprint density at radius 1 is 1.52 bits per heavy atom. The molecule has 1 aliphatic heterocycles. The summed E-state index contributed by atoms with van der Waals surface area (Å²) >= 11 is 0. The van der Waals surface area contributed by atoms with Crippen molar-refractivity contribution in [1.29, 1.82) is 0 Å². The third-order valence-corrected chi connectivity index (χ3v) is 3.15. The first kappa shape index (κ1) is 18.4. The summed E-state index contributed by atoms with van der Waals surface area (Å²) in [4.78, 5) is 26.8. The number of nitro groups is 1. The van der Waals surface area contributed by atoms with Gasteiger partial charge >= 0.3 is 5.97 Å². The van der Waals surface area contributed by atoms with Gasteiger partial charge in [-0.25, -0.2) is 9.79 Å². The first-order valence-corrected chi connectivity index (χ1v) is 6.66. The summed E-state index contributed by atoms with van der Waals surface area (Å²) in [6.07, 6.45) is 0. The van der Waals surface area contributed by atoms with Gasteiger partial charge in [0.25, 0.3) is 5.69 Å². The Bertz CT molecular complexity index is 687. The summed E-state index contributed by atoms with van der Waals surface area (Å²) in [5, 5.41) is 13.7. The number of nitro benzene ring substituents is 1. The van der Waals surface area contributed by atoms with Gasteiger partial charge in [-0.3, -0.25) is 10.1 Å². The molecule has 1 heterocycles. The molecule has 0 amide bonds. The van der Waals surface area contributed by atoms with Crippen LogP contribution in [0.15, 0.2) is 40.5 Å². The number of benzene rings is 1. The van der Waals surface area contributed by atoms with Gasteiger partial charge in [-0.15, -0.1) is 12.4 Å². The number of hydrogen-bond acceptors (Lipinski definition) is 7. The van der Waals surface area contributed by atoms with Gasteiger partial charge in [0.2, 0.25) is 0 Å². The average molecular weight is 341 g/mol. The lowest BCUT2D eigenvalue weighted by atomic mass is 9.96. The first-order chi connectivity index (χ1) is 10.4. The zero-order valence-corrected chi connectivity index (χ0v) is 13.4. The van der Waals surface area contributed by atoms with Crippen LogP contribution in [0.3, 0.4) is 0 Å². The number of ether oxygens (including phenoxy) is 1. The van der Waals surface area contributed by atoms with Crippen molar-refractivity contribution in [1.82, 2.24) is 5.32 Å². The second-order valence-electron chi connectivity index (χ2n) is 4.65. The third kappa shape index (κ3) is 3.98. The number of nitrogens with zero attached hydrogens (tertiary/aromatic N) is 2. The van der Waals surface area contributed by atoms with Crippen molar-refractivity contribution >= 4 is 30.0 Å². The molecule has 8 nitrogen and oxygen atoms in total. The van der Waals surface area contributed by atoms with Crippen LogP contribution in [0.25, 0.3) is 0 Å². The molecule has 1 aliphatic rings. The third-order valence-electron chi connectivity index (χ3n) is 3.15. The van der Waals surface area contributed by atoms with E-state index >= 15 is 0 Å². The molecule has 0 fully saturated rings. The Kier molecular flexibility index (Phi) is 6.09. The summed E-state index contributed by atoms with van der Waals surface area (Å²) in [6.45, 7) is 3.60. The van der Waals surface area contributed by atoms with Crippen LogP contribution in [0, 0.1) is 10.1 Å². The van der Waals surface area contributed by atoms with E-state index in [0.29, 0.717) is 11.3 Å². The van der Waals surface area contributed by atoms with Gasteiger partial charge in [-0.2, -0.15) is 0 Å². The molecule has 0 radical (unpaired) electrons. The van der Waals surface area contributed by atoms with E-state index in [1.807, 2.05) is 0 Å². The molecule has 2 rings (SSSR count). The SMILES string of the molecule is CCOC(=O)C1=C(C)NC(N)=NC1c1cccc([N+](=O)[O-])c1.Cl. The number of halogens is 1. The minimum atomic E-state index is -0.736. The van der Waals surface area contributed by atoms with E-state index < -0.39 is 16.9 Å². The van der Waals surface area contributed by atoms with Crippen LogP contribution in [0.4, 0.5) is 5.69 Å². The number of carbonyl (C=O) groups is 1. The minimum absolute atomic E-state index is 0. The van der Waals surface area contributed by atoms with Crippen LogP contribution in [-0.2, 0) is 9.53 Å². The van der Waals surface area contributed by atoms with Gasteiger partial charge in [0, 0.05) is 17.8 Å². The number of nitrogens with two attached hydrogens (primary N) is 1. The summed E-state index contributed by atoms with van der Waals surface area (Å²) in [5.41, 5.74) is 6.93. The van der Waals surface area contributed by atoms with E-state index in [0.717, 1.165) is 0 Å². The molecule has 0 aliphatic carbocycles. The van der Waals surface area contributed by atoms with Gasteiger partial charge < -0.3 is 15.8 Å². The minimum Gasteiger partial charge on any atom is -0.463 e. The molecule has 0 bridgehead atoms. The molecule has 0 aromatic heterocycles. The number of nitrogens with one attached hydrogen (secondary N) is 1. The lowest BCUT2D eigenvalue weighted by Gasteiger charge is -2.24. The van der Waals surface area contributed by atoms with E-state index in [1.54, 1.807) is 26.0 Å². The highest BCUT2D eigenvalue weighted by molar-refractivity contribution is 5.95. The fraction of sp³-hybridized carbons (Fsp3) is 0.286. The lowest BCUT2D eigenvalue weighted by Crippen LogP contribution is -2.37. The number of carbonyl (C=O) groups excluding carboxylic acids is 1. The summed E-state index contributed by atoms with van der Waals surface area (Å²) in [6, 6.07) is 5.21. The Morgan fingerprint density at radius 3 is 2.83 bits per heavy atom. The van der Waals surface area contributed by atoms with Crippen molar-refractivity contribution in [2.24, 2.45) is 10.7 Å². The molecule has 23 heavy (non-hydrogen) atoms. The fourth-order valence-electron chi connectivity index (χ4n) is 2.22. The first-order valence-electron chi connectivity index (χ1n) is 6.66. The lowest BCUT2D eigenvalue weighted by molar-refractivity contribution is -0.384. The molecular weight excluding hydrogens is 324 g/mol. The summed E-state index contributed by atoms with van der Waals surface area (Å²) in [7, 11) is 0. The van der Waals surface area contributed by atoms with Gasteiger partial charge in [0.05, 0.1) is 17.1 Å². The maximum Gasteiger partial charge on any atom is 0.338 e. The maximum atomic E-state index is 12.2. The highest BCUT2D eigenvalue weighted by Crippen LogP contribution is 2.32. The van der Waals surface area contributed by atoms with Gasteiger partial charge in [-0.1, -0.05) is 12.1 Å². The highest BCUT2D eigenvalue weighted by Gasteiger charge is 2.30. The number of allylic oxidation sites excluding steroid dienone is 1. The van der Waals surface area contributed by atoms with Gasteiger partial charge in [0.15, 0.2) is 5.96 Å². The Morgan fingerprint density at radius 2 is 2.22 bits per heavy atom. The number of guanidine groups is 1. The highest BCUT2D eigenvalue weighted by atomic mass is 35.5. The van der Waals surface area contributed by atoms with Crippen molar-refractivity contribution in [3.63, 3.8) is 0 Å². The van der Waals surface area contributed by atoms with Gasteiger partial charge in [0.1, 0.15) is 6.04 Å². The molecule has 1 unspecified atom stereocenters. The van der Waals surface area contributed by atoms with Crippen LogP contribution in [0.1, 0.15) is 25.5 Å². The second kappa shape index (κ2) is 7.59. The van der Waals surface area contributed by atoms with E-state index in [1.165, 1.54) is 12.1 Å².